The van der Waals surface area contributed by atoms with E-state index in [0.29, 0.717) is 16.3 Å². The zero-order valence-corrected chi connectivity index (χ0v) is 11.1. The highest BCUT2D eigenvalue weighted by molar-refractivity contribution is 7.20. The minimum Gasteiger partial charge on any atom is -0.320 e. The van der Waals surface area contributed by atoms with Gasteiger partial charge in [-0.2, -0.15) is 5.26 Å². The number of aromatic nitrogens is 1. The van der Waals surface area contributed by atoms with Crippen LogP contribution in [0.1, 0.15) is 15.4 Å². The van der Waals surface area contributed by atoms with Gasteiger partial charge in [-0.05, 0) is 36.4 Å². The molecule has 0 aliphatic carbocycles. The Morgan fingerprint density at radius 3 is 2.60 bits per heavy atom. The lowest BCUT2D eigenvalue weighted by atomic mass is 10.2. The maximum atomic E-state index is 12.1. The Morgan fingerprint density at radius 1 is 1.15 bits per heavy atom. The smallest absolute Gasteiger partial charge is 0.284 e. The Hall–Kier alpha value is -2.71. The van der Waals surface area contributed by atoms with Crippen molar-refractivity contribution in [1.82, 2.24) is 4.98 Å². The van der Waals surface area contributed by atoms with E-state index in [-0.39, 0.29) is 5.91 Å². The monoisotopic (exact) mass is 279 g/mol. The molecule has 0 fully saturated rings. The molecule has 0 bridgehead atoms. The predicted molar refractivity (Wildman–Crippen MR) is 78.7 cm³/mol. The van der Waals surface area contributed by atoms with Crippen LogP contribution in [0, 0.1) is 11.3 Å². The summed E-state index contributed by atoms with van der Waals surface area (Å²) < 4.78 is 0.984. The quantitative estimate of drug-likeness (QED) is 0.781. The molecule has 96 valence electrons. The third-order valence-electron chi connectivity index (χ3n) is 2.76. The third-order valence-corrected chi connectivity index (χ3v) is 3.80. The van der Waals surface area contributed by atoms with Gasteiger partial charge < -0.3 is 5.32 Å². The molecule has 4 nitrogen and oxygen atoms in total. The summed E-state index contributed by atoms with van der Waals surface area (Å²) in [6, 6.07) is 16.4. The second kappa shape index (κ2) is 5.11. The van der Waals surface area contributed by atoms with Crippen molar-refractivity contribution < 1.29 is 4.79 Å². The summed E-state index contributed by atoms with van der Waals surface area (Å²) in [5.74, 6) is -0.240. The molecular weight excluding hydrogens is 270 g/mol. The van der Waals surface area contributed by atoms with Crippen molar-refractivity contribution in [2.75, 3.05) is 5.32 Å². The fourth-order valence-corrected chi connectivity index (χ4v) is 2.64. The second-order valence-corrected chi connectivity index (χ2v) is 5.16. The number of hydrogen-bond donors (Lipinski definition) is 1. The highest BCUT2D eigenvalue weighted by Gasteiger charge is 2.12. The van der Waals surface area contributed by atoms with Crippen molar-refractivity contribution in [3.8, 4) is 6.07 Å². The van der Waals surface area contributed by atoms with E-state index >= 15 is 0 Å². The van der Waals surface area contributed by atoms with Gasteiger partial charge >= 0.3 is 0 Å². The van der Waals surface area contributed by atoms with Gasteiger partial charge in [0, 0.05) is 5.69 Å². The first-order valence-corrected chi connectivity index (χ1v) is 6.75. The fraction of sp³-hybridized carbons (Fsp3) is 0. The molecule has 0 spiro atoms. The van der Waals surface area contributed by atoms with E-state index in [2.05, 4.69) is 10.3 Å². The molecule has 0 radical (unpaired) electrons. The van der Waals surface area contributed by atoms with Crippen molar-refractivity contribution in [3.05, 3.63) is 59.1 Å². The van der Waals surface area contributed by atoms with Crippen LogP contribution in [0.2, 0.25) is 0 Å². The van der Waals surface area contributed by atoms with Crippen LogP contribution in [0.25, 0.3) is 10.2 Å². The first kappa shape index (κ1) is 12.3. The van der Waals surface area contributed by atoms with Gasteiger partial charge in [-0.15, -0.1) is 11.3 Å². The molecule has 0 atom stereocenters. The molecule has 0 aliphatic rings. The zero-order valence-electron chi connectivity index (χ0n) is 10.3. The van der Waals surface area contributed by atoms with Gasteiger partial charge in [0.1, 0.15) is 0 Å². The number of hydrogen-bond acceptors (Lipinski definition) is 4. The Labute approximate surface area is 119 Å². The first-order valence-electron chi connectivity index (χ1n) is 5.93. The highest BCUT2D eigenvalue weighted by Crippen LogP contribution is 2.22. The molecule has 0 aliphatic heterocycles. The minimum atomic E-state index is -0.240. The van der Waals surface area contributed by atoms with Crippen LogP contribution >= 0.6 is 11.3 Å². The van der Waals surface area contributed by atoms with Crippen LogP contribution in [0.15, 0.2) is 48.5 Å². The van der Waals surface area contributed by atoms with Gasteiger partial charge in [-0.3, -0.25) is 4.79 Å². The largest absolute Gasteiger partial charge is 0.320 e. The van der Waals surface area contributed by atoms with E-state index < -0.39 is 0 Å². The van der Waals surface area contributed by atoms with Gasteiger partial charge in [-0.25, -0.2) is 4.98 Å². The van der Waals surface area contributed by atoms with E-state index in [1.807, 2.05) is 30.3 Å². The van der Waals surface area contributed by atoms with Crippen molar-refractivity contribution in [1.29, 1.82) is 5.26 Å². The zero-order chi connectivity index (χ0) is 13.9. The number of benzene rings is 2. The molecule has 1 aromatic heterocycles. The number of carbonyl (C=O) groups excluding carboxylic acids is 1. The number of anilines is 1. The molecule has 0 saturated carbocycles. The van der Waals surface area contributed by atoms with Crippen LogP contribution in [0.5, 0.6) is 0 Å². The molecule has 0 unspecified atom stereocenters. The van der Waals surface area contributed by atoms with Gasteiger partial charge in [0.05, 0.1) is 21.8 Å². The van der Waals surface area contributed by atoms with E-state index in [0.717, 1.165) is 10.2 Å². The van der Waals surface area contributed by atoms with Gasteiger partial charge in [0.25, 0.3) is 5.91 Å². The van der Waals surface area contributed by atoms with Gasteiger partial charge in [-0.1, -0.05) is 12.1 Å². The Balaban J connectivity index is 1.83. The lowest BCUT2D eigenvalue weighted by molar-refractivity contribution is 0.102. The number of nitriles is 1. The molecule has 2 aromatic carbocycles. The normalized spacial score (nSPS) is 10.2. The Kier molecular flexibility index (Phi) is 3.15. The SMILES string of the molecule is N#Cc1ccc(NC(=O)c2nc3ccccc3s2)cc1. The van der Waals surface area contributed by atoms with Crippen molar-refractivity contribution >= 4 is 33.1 Å². The summed E-state index contributed by atoms with van der Waals surface area (Å²) >= 11 is 1.36. The Morgan fingerprint density at radius 2 is 1.90 bits per heavy atom. The Bertz CT molecular complexity index is 782. The molecule has 1 heterocycles. The second-order valence-electron chi connectivity index (χ2n) is 4.13. The molecule has 0 saturated heterocycles. The topological polar surface area (TPSA) is 65.8 Å². The van der Waals surface area contributed by atoms with Crippen LogP contribution in [-0.4, -0.2) is 10.9 Å². The standard InChI is InChI=1S/C15H9N3OS/c16-9-10-5-7-11(8-6-10)17-14(19)15-18-12-3-1-2-4-13(12)20-15/h1-8H,(H,17,19). The van der Waals surface area contributed by atoms with Gasteiger partial charge in [0.15, 0.2) is 5.01 Å². The summed E-state index contributed by atoms with van der Waals surface area (Å²) in [6.45, 7) is 0. The summed E-state index contributed by atoms with van der Waals surface area (Å²) in [5, 5.41) is 11.9. The first-order chi connectivity index (χ1) is 9.76. The molecule has 3 rings (SSSR count). The van der Waals surface area contributed by atoms with Crippen LogP contribution < -0.4 is 5.32 Å². The van der Waals surface area contributed by atoms with Crippen LogP contribution in [0.4, 0.5) is 5.69 Å². The van der Waals surface area contributed by atoms with Gasteiger partial charge in [0.2, 0.25) is 0 Å². The number of carbonyl (C=O) groups is 1. The number of amides is 1. The summed E-state index contributed by atoms with van der Waals surface area (Å²) in [6.07, 6.45) is 0. The maximum Gasteiger partial charge on any atom is 0.284 e. The van der Waals surface area contributed by atoms with E-state index in [9.17, 15) is 4.79 Å². The number of fused-ring (bicyclic) bond motifs is 1. The maximum absolute atomic E-state index is 12.1. The molecule has 20 heavy (non-hydrogen) atoms. The highest BCUT2D eigenvalue weighted by atomic mass is 32.1. The minimum absolute atomic E-state index is 0.240. The number of thiazole rings is 1. The van der Waals surface area contributed by atoms with Crippen molar-refractivity contribution in [2.45, 2.75) is 0 Å². The lowest BCUT2D eigenvalue weighted by Gasteiger charge is -2.02. The van der Waals surface area contributed by atoms with Crippen LogP contribution in [-0.2, 0) is 0 Å². The molecular formula is C15H9N3OS. The predicted octanol–water partition coefficient (Wildman–Crippen LogP) is 3.42. The van der Waals surface area contributed by atoms with E-state index in [1.54, 1.807) is 24.3 Å². The molecule has 3 aromatic rings. The molecule has 1 amide bonds. The third kappa shape index (κ3) is 2.37. The number of para-hydroxylation sites is 1. The number of rotatable bonds is 2. The van der Waals surface area contributed by atoms with E-state index in [4.69, 9.17) is 5.26 Å². The van der Waals surface area contributed by atoms with Crippen LogP contribution in [0.3, 0.4) is 0 Å². The van der Waals surface area contributed by atoms with E-state index in [1.165, 1.54) is 11.3 Å². The molecule has 1 N–H and O–H groups in total. The van der Waals surface area contributed by atoms with Crippen molar-refractivity contribution in [3.63, 3.8) is 0 Å². The summed E-state index contributed by atoms with van der Waals surface area (Å²) in [7, 11) is 0. The lowest BCUT2D eigenvalue weighted by Crippen LogP contribution is -2.11. The number of nitrogens with one attached hydrogen (secondary N) is 1. The number of nitrogens with zero attached hydrogens (tertiary/aromatic N) is 2. The van der Waals surface area contributed by atoms with Crippen molar-refractivity contribution in [2.24, 2.45) is 0 Å². The average molecular weight is 279 g/mol. The molecule has 5 heteroatoms. The fourth-order valence-electron chi connectivity index (χ4n) is 1.78. The summed E-state index contributed by atoms with van der Waals surface area (Å²) in [5.41, 5.74) is 2.03. The average Bonchev–Trinajstić information content (AvgIpc) is 2.92. The summed E-state index contributed by atoms with van der Waals surface area (Å²) in [4.78, 5) is 16.4.